The number of carbonyl (C=O) groups is 1. The Morgan fingerprint density at radius 2 is 1.95 bits per heavy atom. The summed E-state index contributed by atoms with van der Waals surface area (Å²) in [6, 6.07) is 10.1. The molecule has 2 rings (SSSR count). The van der Waals surface area contributed by atoms with E-state index in [1.807, 2.05) is 12.1 Å². The molecule has 0 aliphatic rings. The van der Waals surface area contributed by atoms with Gasteiger partial charge in [0.2, 0.25) is 0 Å². The molecule has 0 heterocycles. The van der Waals surface area contributed by atoms with Crippen LogP contribution in [0.25, 0.3) is 0 Å². The van der Waals surface area contributed by atoms with Crippen molar-refractivity contribution < 1.29 is 13.9 Å². The minimum Gasteiger partial charge on any atom is -0.497 e. The molecule has 0 spiro atoms. The van der Waals surface area contributed by atoms with Crippen molar-refractivity contribution in [1.29, 1.82) is 0 Å². The molecule has 0 bridgehead atoms. The van der Waals surface area contributed by atoms with Gasteiger partial charge in [-0.1, -0.05) is 12.1 Å². The van der Waals surface area contributed by atoms with Gasteiger partial charge >= 0.3 is 0 Å². The first-order chi connectivity index (χ1) is 10.0. The number of ether oxygens (including phenoxy) is 1. The van der Waals surface area contributed by atoms with Crippen molar-refractivity contribution in [3.8, 4) is 5.75 Å². The minimum absolute atomic E-state index is 0.0407. The Kier molecular flexibility index (Phi) is 4.42. The van der Waals surface area contributed by atoms with Crippen molar-refractivity contribution in [2.45, 2.75) is 13.5 Å². The number of amides is 1. The molecule has 0 aliphatic carbocycles. The zero-order valence-corrected chi connectivity index (χ0v) is 11.9. The largest absolute Gasteiger partial charge is 0.497 e. The van der Waals surface area contributed by atoms with Crippen LogP contribution in [0.4, 0.5) is 10.1 Å². The molecule has 0 saturated heterocycles. The monoisotopic (exact) mass is 288 g/mol. The van der Waals surface area contributed by atoms with Crippen molar-refractivity contribution in [2.24, 2.45) is 0 Å². The molecule has 1 amide bonds. The van der Waals surface area contributed by atoms with Gasteiger partial charge in [0.1, 0.15) is 11.6 Å². The number of nitrogen functional groups attached to an aromatic ring is 1. The number of methoxy groups -OCH3 is 1. The quantitative estimate of drug-likeness (QED) is 0.850. The fraction of sp³-hybridized carbons (Fsp3) is 0.188. The van der Waals surface area contributed by atoms with E-state index in [-0.39, 0.29) is 5.56 Å². The summed E-state index contributed by atoms with van der Waals surface area (Å²) in [7, 11) is 1.59. The highest BCUT2D eigenvalue weighted by Crippen LogP contribution is 2.17. The van der Waals surface area contributed by atoms with E-state index in [1.54, 1.807) is 26.2 Å². The average molecular weight is 288 g/mol. The lowest BCUT2D eigenvalue weighted by Crippen LogP contribution is -2.24. The van der Waals surface area contributed by atoms with Crippen molar-refractivity contribution in [3.63, 3.8) is 0 Å². The fourth-order valence-electron chi connectivity index (χ4n) is 1.98. The first kappa shape index (κ1) is 14.8. The number of aryl methyl sites for hydroxylation is 1. The molecule has 0 unspecified atom stereocenters. The summed E-state index contributed by atoms with van der Waals surface area (Å²) in [6.45, 7) is 1.88. The molecule has 5 heteroatoms. The van der Waals surface area contributed by atoms with Gasteiger partial charge in [0.05, 0.1) is 12.7 Å². The lowest BCUT2D eigenvalue weighted by molar-refractivity contribution is 0.0946. The number of carbonyl (C=O) groups excluding carboxylic acids is 1. The van der Waals surface area contributed by atoms with E-state index in [9.17, 15) is 9.18 Å². The minimum atomic E-state index is -0.545. The Morgan fingerprint density at radius 1 is 1.29 bits per heavy atom. The SMILES string of the molecule is COc1ccc(CNC(=O)c2cc(N)cc(C)c2F)cc1. The van der Waals surface area contributed by atoms with Crippen LogP contribution in [-0.4, -0.2) is 13.0 Å². The van der Waals surface area contributed by atoms with Crippen LogP contribution in [0.3, 0.4) is 0 Å². The third-order valence-corrected chi connectivity index (χ3v) is 3.13. The van der Waals surface area contributed by atoms with Crippen LogP contribution in [0.1, 0.15) is 21.5 Å². The van der Waals surface area contributed by atoms with Crippen molar-refractivity contribution >= 4 is 11.6 Å². The van der Waals surface area contributed by atoms with Gasteiger partial charge in [0.25, 0.3) is 5.91 Å². The van der Waals surface area contributed by atoms with E-state index in [0.29, 0.717) is 17.8 Å². The smallest absolute Gasteiger partial charge is 0.254 e. The van der Waals surface area contributed by atoms with Crippen molar-refractivity contribution in [2.75, 3.05) is 12.8 Å². The number of benzene rings is 2. The third-order valence-electron chi connectivity index (χ3n) is 3.13. The Hall–Kier alpha value is -2.56. The first-order valence-electron chi connectivity index (χ1n) is 6.48. The molecule has 3 N–H and O–H groups in total. The molecule has 0 fully saturated rings. The molecule has 0 saturated carbocycles. The summed E-state index contributed by atoms with van der Waals surface area (Å²) in [5, 5.41) is 2.67. The van der Waals surface area contributed by atoms with E-state index in [2.05, 4.69) is 5.32 Å². The van der Waals surface area contributed by atoms with Gasteiger partial charge in [-0.15, -0.1) is 0 Å². The molecule has 0 atom stereocenters. The van der Waals surface area contributed by atoms with Crippen molar-refractivity contribution in [1.82, 2.24) is 5.32 Å². The number of anilines is 1. The summed E-state index contributed by atoms with van der Waals surface area (Å²) in [5.41, 5.74) is 7.21. The lowest BCUT2D eigenvalue weighted by atomic mass is 10.1. The average Bonchev–Trinajstić information content (AvgIpc) is 2.49. The zero-order chi connectivity index (χ0) is 15.4. The highest BCUT2D eigenvalue weighted by atomic mass is 19.1. The second-order valence-electron chi connectivity index (χ2n) is 4.73. The number of hydrogen-bond donors (Lipinski definition) is 2. The van der Waals surface area contributed by atoms with Gasteiger partial charge in [0.15, 0.2) is 0 Å². The lowest BCUT2D eigenvalue weighted by Gasteiger charge is -2.09. The molecule has 110 valence electrons. The number of hydrogen-bond acceptors (Lipinski definition) is 3. The molecule has 0 aliphatic heterocycles. The van der Waals surface area contributed by atoms with Gasteiger partial charge in [-0.2, -0.15) is 0 Å². The maximum atomic E-state index is 13.9. The molecule has 2 aromatic rings. The summed E-state index contributed by atoms with van der Waals surface area (Å²) in [6.07, 6.45) is 0. The van der Waals surface area contributed by atoms with Crippen LogP contribution in [-0.2, 0) is 6.54 Å². The van der Waals surface area contributed by atoms with Gasteiger partial charge in [-0.25, -0.2) is 4.39 Å². The normalized spacial score (nSPS) is 10.2. The molecule has 21 heavy (non-hydrogen) atoms. The Labute approximate surface area is 122 Å². The molecule has 2 aromatic carbocycles. The van der Waals surface area contributed by atoms with Crippen LogP contribution >= 0.6 is 0 Å². The molecule has 4 nitrogen and oxygen atoms in total. The standard InChI is InChI=1S/C16H17FN2O2/c1-10-7-12(18)8-14(15(10)17)16(20)19-9-11-3-5-13(21-2)6-4-11/h3-8H,9,18H2,1-2H3,(H,19,20). The Bertz CT molecular complexity index is 654. The highest BCUT2D eigenvalue weighted by molar-refractivity contribution is 5.95. The second-order valence-corrected chi connectivity index (χ2v) is 4.73. The van der Waals surface area contributed by atoms with Crippen molar-refractivity contribution in [3.05, 3.63) is 58.9 Å². The predicted molar refractivity (Wildman–Crippen MR) is 79.7 cm³/mol. The van der Waals surface area contributed by atoms with Crippen LogP contribution in [0, 0.1) is 12.7 Å². The van der Waals surface area contributed by atoms with Gasteiger partial charge in [0, 0.05) is 12.2 Å². The summed E-state index contributed by atoms with van der Waals surface area (Å²) in [4.78, 5) is 12.0. The summed E-state index contributed by atoms with van der Waals surface area (Å²) >= 11 is 0. The van der Waals surface area contributed by atoms with E-state index >= 15 is 0 Å². The molecule has 0 radical (unpaired) electrons. The highest BCUT2D eigenvalue weighted by Gasteiger charge is 2.14. The zero-order valence-electron chi connectivity index (χ0n) is 11.9. The van der Waals surface area contributed by atoms with E-state index in [1.165, 1.54) is 12.1 Å². The topological polar surface area (TPSA) is 64.3 Å². The molecular weight excluding hydrogens is 271 g/mol. The Balaban J connectivity index is 2.08. The third kappa shape index (κ3) is 3.51. The van der Waals surface area contributed by atoms with E-state index < -0.39 is 11.7 Å². The fourth-order valence-corrected chi connectivity index (χ4v) is 1.98. The van der Waals surface area contributed by atoms with Gasteiger partial charge in [-0.3, -0.25) is 4.79 Å². The van der Waals surface area contributed by atoms with Gasteiger partial charge < -0.3 is 15.8 Å². The summed E-state index contributed by atoms with van der Waals surface area (Å²) < 4.78 is 19.0. The maximum absolute atomic E-state index is 13.9. The number of nitrogens with two attached hydrogens (primary N) is 1. The summed E-state index contributed by atoms with van der Waals surface area (Å²) in [5.74, 6) is -0.294. The van der Waals surface area contributed by atoms with E-state index in [4.69, 9.17) is 10.5 Å². The van der Waals surface area contributed by atoms with Crippen LogP contribution in [0.2, 0.25) is 0 Å². The molecular formula is C16H17FN2O2. The van der Waals surface area contributed by atoms with Crippen LogP contribution < -0.4 is 15.8 Å². The second kappa shape index (κ2) is 6.26. The number of nitrogens with one attached hydrogen (secondary N) is 1. The predicted octanol–water partition coefficient (Wildman–Crippen LogP) is 2.65. The molecule has 0 aromatic heterocycles. The van der Waals surface area contributed by atoms with Gasteiger partial charge in [-0.05, 0) is 42.3 Å². The first-order valence-corrected chi connectivity index (χ1v) is 6.48. The van der Waals surface area contributed by atoms with E-state index in [0.717, 1.165) is 11.3 Å². The Morgan fingerprint density at radius 3 is 2.57 bits per heavy atom. The van der Waals surface area contributed by atoms with Crippen LogP contribution in [0.15, 0.2) is 36.4 Å². The number of halogens is 1. The van der Waals surface area contributed by atoms with Crippen LogP contribution in [0.5, 0.6) is 5.75 Å². The maximum Gasteiger partial charge on any atom is 0.254 e. The number of rotatable bonds is 4.